The summed E-state index contributed by atoms with van der Waals surface area (Å²) >= 11 is 2.91. The van der Waals surface area contributed by atoms with Crippen LogP contribution in [-0.4, -0.2) is 216 Å². The first kappa shape index (κ1) is 74.2. The number of fused-ring (bicyclic) bond motifs is 1. The molecule has 24 nitrogen and oxygen atoms in total. The monoisotopic (exact) mass is 1310 g/mol. The largest absolute Gasteiger partial charge is 0.461 e. The molecule has 1 aliphatic carbocycles. The Labute approximate surface area is 544 Å². The number of amides is 7. The highest BCUT2D eigenvalue weighted by molar-refractivity contribution is 8.01. The first-order chi connectivity index (χ1) is 44.3. The van der Waals surface area contributed by atoms with E-state index in [1.54, 1.807) is 11.8 Å². The van der Waals surface area contributed by atoms with Crippen molar-refractivity contribution >= 4 is 82.3 Å². The van der Waals surface area contributed by atoms with E-state index in [1.807, 2.05) is 49.4 Å². The summed E-state index contributed by atoms with van der Waals surface area (Å²) in [4.78, 5) is 104. The van der Waals surface area contributed by atoms with Crippen molar-refractivity contribution in [3.05, 3.63) is 71.3 Å². The molecule has 0 radical (unpaired) electrons. The zero-order valence-corrected chi connectivity index (χ0v) is 54.9. The molecule has 0 aromatic heterocycles. The van der Waals surface area contributed by atoms with E-state index in [2.05, 4.69) is 57.8 Å². The Balaban J connectivity index is 0.695. The predicted molar refractivity (Wildman–Crippen MR) is 346 cm³/mol. The molecule has 26 heteroatoms. The van der Waals surface area contributed by atoms with E-state index in [1.165, 1.54) is 27.1 Å². The first-order valence-electron chi connectivity index (χ1n) is 32.2. The fourth-order valence-electron chi connectivity index (χ4n) is 10.6. The third-order valence-corrected chi connectivity index (χ3v) is 18.0. The van der Waals surface area contributed by atoms with Crippen LogP contribution in [0, 0.1) is 5.92 Å². The van der Waals surface area contributed by atoms with E-state index < -0.39 is 5.25 Å². The van der Waals surface area contributed by atoms with Gasteiger partial charge in [-0.25, -0.2) is 0 Å². The van der Waals surface area contributed by atoms with Gasteiger partial charge in [0.2, 0.25) is 41.4 Å². The van der Waals surface area contributed by atoms with Crippen molar-refractivity contribution in [3.8, 4) is 0 Å². The number of hydrogen-bond acceptors (Lipinski definition) is 21. The van der Waals surface area contributed by atoms with Crippen LogP contribution in [0.1, 0.15) is 115 Å². The van der Waals surface area contributed by atoms with Gasteiger partial charge in [0.05, 0.1) is 109 Å². The number of thioether (sulfide) groups is 2. The normalized spacial score (nSPS) is 18.8. The Bertz CT molecular complexity index is 2660. The molecule has 4 aliphatic rings. The molecule has 5 N–H and O–H groups in total. The van der Waals surface area contributed by atoms with Crippen LogP contribution in [-0.2, 0) is 82.8 Å². The molecule has 7 amide bonds. The summed E-state index contributed by atoms with van der Waals surface area (Å²) in [6.45, 7) is 13.3. The van der Waals surface area contributed by atoms with Crippen molar-refractivity contribution in [3.63, 3.8) is 0 Å². The summed E-state index contributed by atoms with van der Waals surface area (Å²) in [6, 6.07) is 17.6. The minimum Gasteiger partial charge on any atom is -0.461 e. The summed E-state index contributed by atoms with van der Waals surface area (Å²) in [5, 5.41) is 15.8. The Morgan fingerprint density at radius 1 is 0.637 bits per heavy atom. The molecule has 504 valence electrons. The van der Waals surface area contributed by atoms with E-state index in [-0.39, 0.29) is 123 Å². The fraction of sp³-hybridized carbons (Fsp3) is 0.646. The highest BCUT2D eigenvalue weighted by Gasteiger charge is 2.40. The lowest BCUT2D eigenvalue weighted by Gasteiger charge is -2.32. The number of hydrogen-bond donors (Lipinski definition) is 5. The summed E-state index contributed by atoms with van der Waals surface area (Å²) in [6.07, 6.45) is 7.16. The topological polar surface area (TPSA) is 289 Å². The maximum Gasteiger partial charge on any atom is 0.320 e. The number of carbonyl (C=O) groups is 8. The number of allylic oxidation sites excluding steroid dienone is 1. The average Bonchev–Trinajstić information content (AvgIpc) is 1.51. The molecule has 6 rings (SSSR count). The number of benzene rings is 2. The molecule has 5 atom stereocenters. The van der Waals surface area contributed by atoms with Crippen LogP contribution in [0.25, 0.3) is 5.70 Å². The van der Waals surface area contributed by atoms with Crippen molar-refractivity contribution < 1.29 is 76.3 Å². The molecule has 2 saturated heterocycles. The van der Waals surface area contributed by atoms with Gasteiger partial charge in [-0.15, -0.1) is 23.5 Å². The quantitative estimate of drug-likeness (QED) is 0.0333. The van der Waals surface area contributed by atoms with Gasteiger partial charge in [-0.05, 0) is 80.7 Å². The molecule has 2 aromatic rings. The van der Waals surface area contributed by atoms with Crippen molar-refractivity contribution in [1.82, 2.24) is 36.5 Å². The summed E-state index contributed by atoms with van der Waals surface area (Å²) in [5.41, 5.74) is 8.61. The molecule has 0 spiro atoms. The van der Waals surface area contributed by atoms with E-state index in [9.17, 15) is 38.4 Å². The van der Waals surface area contributed by atoms with Crippen LogP contribution in [0.15, 0.2) is 70.2 Å². The third kappa shape index (κ3) is 28.1. The number of ether oxygens (including phenoxy) is 8. The maximum absolute atomic E-state index is 12.8. The molecule has 3 heterocycles. The van der Waals surface area contributed by atoms with Crippen LogP contribution in [0.5, 0.6) is 0 Å². The molecule has 3 aliphatic heterocycles. The zero-order chi connectivity index (χ0) is 64.8. The average molecular weight is 1310 g/mol. The molecule has 2 aromatic carbocycles. The number of imide groups is 2. The van der Waals surface area contributed by atoms with Gasteiger partial charge in [-0.3, -0.25) is 53.6 Å². The van der Waals surface area contributed by atoms with Gasteiger partial charge in [-0.1, -0.05) is 62.7 Å². The minimum absolute atomic E-state index is 0.0308. The minimum atomic E-state index is -0.472. The van der Waals surface area contributed by atoms with Gasteiger partial charge in [0.25, 0.3) is 0 Å². The van der Waals surface area contributed by atoms with E-state index in [0.29, 0.717) is 124 Å². The summed E-state index contributed by atoms with van der Waals surface area (Å²) in [5.74, 6) is -1.64. The molecule has 3 fully saturated rings. The second-order valence-electron chi connectivity index (χ2n) is 22.5. The number of nitrogens with one attached hydrogen (secondary N) is 5. The summed E-state index contributed by atoms with van der Waals surface area (Å²) < 4.78 is 44.9. The second-order valence-corrected chi connectivity index (χ2v) is 25.4. The van der Waals surface area contributed by atoms with Gasteiger partial charge >= 0.3 is 5.97 Å². The van der Waals surface area contributed by atoms with Gasteiger partial charge in [0, 0.05) is 99.8 Å². The lowest BCUT2D eigenvalue weighted by atomic mass is 9.80. The molecular formula is C65H96N8O16S2. The van der Waals surface area contributed by atoms with Crippen molar-refractivity contribution in [2.24, 2.45) is 11.0 Å². The zero-order valence-electron chi connectivity index (χ0n) is 53.3. The van der Waals surface area contributed by atoms with Crippen LogP contribution in [0.2, 0.25) is 0 Å². The van der Waals surface area contributed by atoms with Gasteiger partial charge in [-0.2, -0.15) is 5.10 Å². The highest BCUT2D eigenvalue weighted by Crippen LogP contribution is 2.37. The molecule has 0 bridgehead atoms. The smallest absolute Gasteiger partial charge is 0.320 e. The highest BCUT2D eigenvalue weighted by atomic mass is 32.2. The number of rotatable bonds is 46. The number of likely N-dealkylation sites (tertiary alicyclic amines) is 2. The molecule has 5 unspecified atom stereocenters. The number of nitrogens with zero attached hydrogens (tertiary/aromatic N) is 3. The Morgan fingerprint density at radius 2 is 1.20 bits per heavy atom. The van der Waals surface area contributed by atoms with Crippen LogP contribution >= 0.6 is 23.5 Å². The Hall–Kier alpha value is -5.81. The Morgan fingerprint density at radius 3 is 1.84 bits per heavy atom. The lowest BCUT2D eigenvalue weighted by Crippen LogP contribution is -2.36. The van der Waals surface area contributed by atoms with E-state index >= 15 is 0 Å². The summed E-state index contributed by atoms with van der Waals surface area (Å²) in [7, 11) is 0. The Kier molecular flexibility index (Phi) is 35.2. The predicted octanol–water partition coefficient (Wildman–Crippen LogP) is 4.95. The van der Waals surface area contributed by atoms with E-state index in [4.69, 9.17) is 37.9 Å². The van der Waals surface area contributed by atoms with Gasteiger partial charge in [0.15, 0.2) is 0 Å². The van der Waals surface area contributed by atoms with Crippen LogP contribution in [0.4, 0.5) is 0 Å². The molecular weight excluding hydrogens is 1210 g/mol. The fourth-order valence-corrected chi connectivity index (χ4v) is 13.1. The third-order valence-electron chi connectivity index (χ3n) is 15.4. The van der Waals surface area contributed by atoms with Gasteiger partial charge in [0.1, 0.15) is 6.10 Å². The number of hydrazone groups is 1. The van der Waals surface area contributed by atoms with Crippen LogP contribution in [0.3, 0.4) is 0 Å². The second kappa shape index (κ2) is 43.2. The molecule has 91 heavy (non-hydrogen) atoms. The number of carbonyl (C=O) groups excluding carboxylic acids is 8. The first-order valence-corrected chi connectivity index (χ1v) is 34.0. The maximum atomic E-state index is 12.8. The van der Waals surface area contributed by atoms with Crippen molar-refractivity contribution in [1.29, 1.82) is 0 Å². The van der Waals surface area contributed by atoms with Crippen molar-refractivity contribution in [2.45, 2.75) is 138 Å². The van der Waals surface area contributed by atoms with E-state index in [0.717, 1.165) is 72.4 Å². The van der Waals surface area contributed by atoms with Gasteiger partial charge < -0.3 is 59.2 Å². The molecule has 1 saturated carbocycles. The lowest BCUT2D eigenvalue weighted by molar-refractivity contribution is -0.149. The number of esters is 1. The van der Waals surface area contributed by atoms with Crippen molar-refractivity contribution in [2.75, 3.05) is 132 Å². The van der Waals surface area contributed by atoms with Crippen LogP contribution < -0.4 is 26.7 Å². The standard InChI is InChI=1S/C65H96N8O16S2/c1-4-10-47(2)90-55-43-60(77)72(64(55)80)27-21-57(74)67-24-9-29-82-33-37-86-39-35-84-31-25-66-46-62(79)89-51-11-8-14-54-53(20-19-51)48(3)70-71-63(54)50-17-15-49(16-18-50)45-69-59(76)23-30-83-34-38-87-41-42-88-40-36-85-32-26-68-58(75)22-28-73-61(78)44-56(65(73)81)91-52-12-6-5-7-13-52/h5-7,12-13,15-18,47,51,53,55-56,66,71H,4,8-11,14,19-46H2,1-3H3,(H,67,74)(H,68,75)(H,69,76). The SMILES string of the molecule is CCCC(C)SC1CC(=O)N(CCC(=O)NCCCOCCOCCOCCNCC(=O)OC2CCCC3=C(c4ccc(CNC(=O)CCOCCOCCOCCOCCNC(=O)CCN5C(=O)CC(Sc6ccccc6)C5=O)cc4)NN=C(C)C3CC2)C1=O.